The molecule has 2 fully saturated rings. The van der Waals surface area contributed by atoms with E-state index in [9.17, 15) is 9.59 Å². The first kappa shape index (κ1) is 18.5. The van der Waals surface area contributed by atoms with Crippen LogP contribution in [0.5, 0.6) is 11.8 Å². The third kappa shape index (κ3) is 3.10. The number of ether oxygens (including phenoxy) is 2. The van der Waals surface area contributed by atoms with Crippen molar-refractivity contribution < 1.29 is 19.1 Å². The predicted molar refractivity (Wildman–Crippen MR) is 96.3 cm³/mol. The average molecular weight is 361 g/mol. The first-order chi connectivity index (χ1) is 12.4. The van der Waals surface area contributed by atoms with Gasteiger partial charge in [0.05, 0.1) is 20.1 Å². The van der Waals surface area contributed by atoms with E-state index in [0.717, 1.165) is 25.7 Å². The monoisotopic (exact) mass is 361 g/mol. The number of hydrogen-bond acceptors (Lipinski definition) is 5. The first-order valence-electron chi connectivity index (χ1n) is 9.01. The van der Waals surface area contributed by atoms with Gasteiger partial charge in [-0.05, 0) is 18.9 Å². The maximum absolute atomic E-state index is 13.1. The fraction of sp³-hybridized carbons (Fsp3) is 0.632. The lowest BCUT2D eigenvalue weighted by Gasteiger charge is -2.30. The van der Waals surface area contributed by atoms with Gasteiger partial charge in [-0.1, -0.05) is 12.8 Å². The Morgan fingerprint density at radius 2 is 1.88 bits per heavy atom. The molecular weight excluding hydrogens is 334 g/mol. The quantitative estimate of drug-likeness (QED) is 0.818. The zero-order chi connectivity index (χ0) is 18.9. The van der Waals surface area contributed by atoms with Gasteiger partial charge in [0, 0.05) is 38.7 Å². The van der Waals surface area contributed by atoms with Crippen LogP contribution in [0.1, 0.15) is 36.0 Å². The molecular formula is C19H27N3O4. The van der Waals surface area contributed by atoms with E-state index in [-0.39, 0.29) is 29.0 Å². The molecule has 1 saturated heterocycles. The van der Waals surface area contributed by atoms with E-state index in [1.807, 2.05) is 0 Å². The highest BCUT2D eigenvalue weighted by Crippen LogP contribution is 2.50. The molecule has 1 spiro atoms. The number of pyridine rings is 1. The normalized spacial score (nSPS) is 21.1. The number of likely N-dealkylation sites (tertiary alicyclic amines) is 1. The topological polar surface area (TPSA) is 72.0 Å². The smallest absolute Gasteiger partial charge is 0.259 e. The number of aromatic nitrogens is 1. The molecule has 7 nitrogen and oxygen atoms in total. The van der Waals surface area contributed by atoms with E-state index in [2.05, 4.69) is 4.98 Å². The minimum absolute atomic E-state index is 0.0931. The van der Waals surface area contributed by atoms with Crippen molar-refractivity contribution in [2.45, 2.75) is 25.7 Å². The maximum atomic E-state index is 13.1. The fourth-order valence-electron chi connectivity index (χ4n) is 4.39. The molecule has 0 bridgehead atoms. The molecule has 142 valence electrons. The van der Waals surface area contributed by atoms with Gasteiger partial charge in [0.2, 0.25) is 17.7 Å². The van der Waals surface area contributed by atoms with E-state index in [4.69, 9.17) is 9.47 Å². The second-order valence-corrected chi connectivity index (χ2v) is 7.45. The van der Waals surface area contributed by atoms with Crippen molar-refractivity contribution in [3.05, 3.63) is 17.7 Å². The predicted octanol–water partition coefficient (Wildman–Crippen LogP) is 1.82. The SMILES string of the molecule is COc1ccc(C(=O)N2CC(C(=O)N(C)C)C3(CCCC3)C2)c(OC)n1. The van der Waals surface area contributed by atoms with Crippen molar-refractivity contribution in [3.8, 4) is 11.8 Å². The van der Waals surface area contributed by atoms with Gasteiger partial charge in [0.15, 0.2) is 0 Å². The van der Waals surface area contributed by atoms with Crippen LogP contribution < -0.4 is 9.47 Å². The Balaban J connectivity index is 1.88. The Morgan fingerprint density at radius 1 is 1.19 bits per heavy atom. The van der Waals surface area contributed by atoms with Crippen LogP contribution in [-0.2, 0) is 4.79 Å². The van der Waals surface area contributed by atoms with Crippen molar-refractivity contribution >= 4 is 11.8 Å². The standard InChI is InChI=1S/C19H27N3O4/c1-21(2)18(24)14-11-22(12-19(14)9-5-6-10-19)17(23)13-7-8-15(25-3)20-16(13)26-4/h7-8,14H,5-6,9-12H2,1-4H3. The first-order valence-corrected chi connectivity index (χ1v) is 9.01. The minimum atomic E-state index is -0.141. The minimum Gasteiger partial charge on any atom is -0.481 e. The molecule has 1 unspecified atom stereocenters. The highest BCUT2D eigenvalue weighted by molar-refractivity contribution is 5.97. The molecule has 0 N–H and O–H groups in total. The van der Waals surface area contributed by atoms with Crippen molar-refractivity contribution in [3.63, 3.8) is 0 Å². The molecule has 26 heavy (non-hydrogen) atoms. The summed E-state index contributed by atoms with van der Waals surface area (Å²) in [4.78, 5) is 33.5. The van der Waals surface area contributed by atoms with E-state index in [0.29, 0.717) is 24.5 Å². The fourth-order valence-corrected chi connectivity index (χ4v) is 4.39. The van der Waals surface area contributed by atoms with Gasteiger partial charge in [-0.3, -0.25) is 9.59 Å². The third-order valence-corrected chi connectivity index (χ3v) is 5.74. The Morgan fingerprint density at radius 3 is 2.46 bits per heavy atom. The molecule has 7 heteroatoms. The average Bonchev–Trinajstić information content (AvgIpc) is 3.27. The summed E-state index contributed by atoms with van der Waals surface area (Å²) in [6.45, 7) is 1.07. The molecule has 2 aliphatic rings. The van der Waals surface area contributed by atoms with E-state index >= 15 is 0 Å². The van der Waals surface area contributed by atoms with Crippen molar-refractivity contribution in [1.29, 1.82) is 0 Å². The lowest BCUT2D eigenvalue weighted by atomic mass is 9.76. The van der Waals surface area contributed by atoms with Gasteiger partial charge >= 0.3 is 0 Å². The zero-order valence-corrected chi connectivity index (χ0v) is 15.9. The van der Waals surface area contributed by atoms with Gasteiger partial charge in [-0.2, -0.15) is 4.98 Å². The Bertz CT molecular complexity index is 698. The highest BCUT2D eigenvalue weighted by atomic mass is 16.5. The van der Waals surface area contributed by atoms with Crippen LogP contribution in [0.25, 0.3) is 0 Å². The summed E-state index contributed by atoms with van der Waals surface area (Å²) in [6.07, 6.45) is 4.23. The van der Waals surface area contributed by atoms with Crippen molar-refractivity contribution in [1.82, 2.24) is 14.8 Å². The molecule has 1 aromatic heterocycles. The Kier molecular flexibility index (Phi) is 5.07. The lowest BCUT2D eigenvalue weighted by Crippen LogP contribution is -2.39. The summed E-state index contributed by atoms with van der Waals surface area (Å²) < 4.78 is 10.4. The molecule has 1 aliphatic carbocycles. The second-order valence-electron chi connectivity index (χ2n) is 7.45. The zero-order valence-electron chi connectivity index (χ0n) is 15.9. The maximum Gasteiger partial charge on any atom is 0.259 e. The second kappa shape index (κ2) is 7.13. The van der Waals surface area contributed by atoms with Crippen LogP contribution in [0.3, 0.4) is 0 Å². The number of methoxy groups -OCH3 is 2. The van der Waals surface area contributed by atoms with Crippen LogP contribution in [0.15, 0.2) is 12.1 Å². The number of amides is 2. The van der Waals surface area contributed by atoms with Crippen molar-refractivity contribution in [2.24, 2.45) is 11.3 Å². The summed E-state index contributed by atoms with van der Waals surface area (Å²) in [5, 5.41) is 0. The third-order valence-electron chi connectivity index (χ3n) is 5.74. The largest absolute Gasteiger partial charge is 0.481 e. The molecule has 1 aliphatic heterocycles. The summed E-state index contributed by atoms with van der Waals surface area (Å²) in [7, 11) is 6.57. The Hall–Kier alpha value is -2.31. The molecule has 1 aromatic rings. The van der Waals surface area contributed by atoms with Gasteiger partial charge in [0.25, 0.3) is 5.91 Å². The van der Waals surface area contributed by atoms with E-state index in [1.165, 1.54) is 14.2 Å². The van der Waals surface area contributed by atoms with Crippen LogP contribution >= 0.6 is 0 Å². The number of carbonyl (C=O) groups excluding carboxylic acids is 2. The number of rotatable bonds is 4. The molecule has 1 atom stereocenters. The van der Waals surface area contributed by atoms with E-state index in [1.54, 1.807) is 36.0 Å². The van der Waals surface area contributed by atoms with Crippen molar-refractivity contribution in [2.75, 3.05) is 41.4 Å². The summed E-state index contributed by atoms with van der Waals surface area (Å²) in [5.41, 5.74) is 0.309. The summed E-state index contributed by atoms with van der Waals surface area (Å²) in [6, 6.07) is 3.33. The van der Waals surface area contributed by atoms with Crippen LogP contribution in [0.4, 0.5) is 0 Å². The molecule has 1 saturated carbocycles. The Labute approximate surface area is 154 Å². The summed E-state index contributed by atoms with van der Waals surface area (Å²) >= 11 is 0. The lowest BCUT2D eigenvalue weighted by molar-refractivity contribution is -0.135. The number of carbonyl (C=O) groups is 2. The van der Waals surface area contributed by atoms with Gasteiger partial charge in [-0.25, -0.2) is 0 Å². The molecule has 2 amide bonds. The molecule has 2 heterocycles. The molecule has 0 radical (unpaired) electrons. The number of hydrogen-bond donors (Lipinski definition) is 0. The van der Waals surface area contributed by atoms with Crippen LogP contribution in [-0.4, -0.2) is 68.0 Å². The molecule has 0 aromatic carbocycles. The van der Waals surface area contributed by atoms with Gasteiger partial charge < -0.3 is 19.3 Å². The van der Waals surface area contributed by atoms with Crippen LogP contribution in [0.2, 0.25) is 0 Å². The van der Waals surface area contributed by atoms with Crippen LogP contribution in [0, 0.1) is 11.3 Å². The van der Waals surface area contributed by atoms with E-state index < -0.39 is 0 Å². The highest BCUT2D eigenvalue weighted by Gasteiger charge is 2.52. The summed E-state index contributed by atoms with van der Waals surface area (Å²) in [5.74, 6) is 0.477. The van der Waals surface area contributed by atoms with Gasteiger partial charge in [-0.15, -0.1) is 0 Å². The molecule has 3 rings (SSSR count). The van der Waals surface area contributed by atoms with Gasteiger partial charge in [0.1, 0.15) is 5.56 Å². The number of nitrogens with zero attached hydrogens (tertiary/aromatic N) is 3.